The predicted octanol–water partition coefficient (Wildman–Crippen LogP) is 11.6. The summed E-state index contributed by atoms with van der Waals surface area (Å²) in [5.41, 5.74) is 11.4. The fraction of sp³-hybridized carbons (Fsp3) is 0.426. The Morgan fingerprint density at radius 1 is 0.481 bits per heavy atom. The molecular formula is C47H66N7+. The standard InChI is InChI=1S/C13H16N.2C9H13N.2C8H12N2/c1-10(2)13-12-7-5-4-6-11(12)8-9-14(13)3;1-7(2)9-4-5-10-6-8(9)3;1-7(2)9-8(3)5-4-6-10-9;1-6(2)8-5-10-9-4-7(8)3;1-6(2)8-7(3)4-5-9-10-8/h4-10H,1-3H3;2*4-7H,1-3H3;2*4-6H,1-3H3/q+1;;;;. The summed E-state index contributed by atoms with van der Waals surface area (Å²) in [6.07, 6.45) is 13.1. The highest BCUT2D eigenvalue weighted by Crippen LogP contribution is 2.21. The van der Waals surface area contributed by atoms with E-state index in [0.717, 1.165) is 5.69 Å². The summed E-state index contributed by atoms with van der Waals surface area (Å²) in [6, 6.07) is 18.9. The van der Waals surface area contributed by atoms with E-state index in [9.17, 15) is 0 Å². The van der Waals surface area contributed by atoms with Crippen molar-refractivity contribution in [2.24, 2.45) is 7.05 Å². The molecule has 0 saturated heterocycles. The van der Waals surface area contributed by atoms with E-state index in [0.29, 0.717) is 29.6 Å². The topological polar surface area (TPSA) is 81.2 Å². The maximum absolute atomic E-state index is 4.28. The molecule has 0 amide bonds. The lowest BCUT2D eigenvalue weighted by Crippen LogP contribution is -2.33. The van der Waals surface area contributed by atoms with Gasteiger partial charge in [-0.15, -0.1) is 0 Å². The Hall–Kier alpha value is -4.91. The van der Waals surface area contributed by atoms with Crippen LogP contribution in [0.3, 0.4) is 0 Å². The lowest BCUT2D eigenvalue weighted by Gasteiger charge is -2.06. The maximum atomic E-state index is 4.28. The average Bonchev–Trinajstić information content (AvgIpc) is 3.13. The van der Waals surface area contributed by atoms with Gasteiger partial charge in [-0.2, -0.15) is 20.4 Å². The molecule has 0 fully saturated rings. The van der Waals surface area contributed by atoms with Crippen LogP contribution in [0.2, 0.25) is 0 Å². The Labute approximate surface area is 326 Å². The third-order valence-corrected chi connectivity index (χ3v) is 9.02. The molecule has 6 aromatic rings. The first-order chi connectivity index (χ1) is 25.6. The predicted molar refractivity (Wildman–Crippen MR) is 227 cm³/mol. The van der Waals surface area contributed by atoms with Gasteiger partial charge in [0.25, 0.3) is 0 Å². The number of hydrogen-bond donors (Lipinski definition) is 0. The molecule has 0 aliphatic heterocycles. The van der Waals surface area contributed by atoms with E-state index >= 15 is 0 Å². The molecule has 288 valence electrons. The quantitative estimate of drug-likeness (QED) is 0.164. The van der Waals surface area contributed by atoms with Crippen molar-refractivity contribution in [2.75, 3.05) is 0 Å². The fourth-order valence-corrected chi connectivity index (χ4v) is 6.26. The van der Waals surface area contributed by atoms with Gasteiger partial charge in [-0.1, -0.05) is 93.5 Å². The normalized spacial score (nSPS) is 10.6. The highest BCUT2D eigenvalue weighted by atomic mass is 15.1. The summed E-state index contributed by atoms with van der Waals surface area (Å²) in [6.45, 7) is 30.1. The van der Waals surface area contributed by atoms with E-state index in [2.05, 4.69) is 188 Å². The molecule has 7 nitrogen and oxygen atoms in total. The lowest BCUT2D eigenvalue weighted by atomic mass is 10.0. The summed E-state index contributed by atoms with van der Waals surface area (Å²) in [4.78, 5) is 8.31. The van der Waals surface area contributed by atoms with Gasteiger partial charge in [0.1, 0.15) is 7.05 Å². The van der Waals surface area contributed by atoms with Gasteiger partial charge in [0.2, 0.25) is 0 Å². The minimum atomic E-state index is 0.480. The molecule has 0 saturated carbocycles. The first kappa shape index (κ1) is 45.2. The van der Waals surface area contributed by atoms with Gasteiger partial charge in [0.15, 0.2) is 11.9 Å². The first-order valence-corrected chi connectivity index (χ1v) is 19.3. The van der Waals surface area contributed by atoms with Crippen LogP contribution in [0.25, 0.3) is 10.8 Å². The van der Waals surface area contributed by atoms with Crippen LogP contribution < -0.4 is 4.57 Å². The molecule has 0 unspecified atom stereocenters. The number of hydrogen-bond acceptors (Lipinski definition) is 6. The molecule has 0 spiro atoms. The molecule has 6 rings (SSSR count). The van der Waals surface area contributed by atoms with Crippen molar-refractivity contribution >= 4 is 10.8 Å². The summed E-state index contributed by atoms with van der Waals surface area (Å²) in [7, 11) is 2.11. The highest BCUT2D eigenvalue weighted by Gasteiger charge is 2.15. The number of benzene rings is 1. The van der Waals surface area contributed by atoms with Crippen molar-refractivity contribution in [1.29, 1.82) is 0 Å². The van der Waals surface area contributed by atoms with Gasteiger partial charge in [-0.05, 0) is 114 Å². The smallest absolute Gasteiger partial charge is 0.191 e. The van der Waals surface area contributed by atoms with E-state index in [1.54, 1.807) is 12.4 Å². The molecule has 0 aliphatic carbocycles. The number of aromatic nitrogens is 7. The van der Waals surface area contributed by atoms with Crippen LogP contribution in [0.4, 0.5) is 0 Å². The second-order valence-corrected chi connectivity index (χ2v) is 15.3. The Morgan fingerprint density at radius 3 is 1.57 bits per heavy atom. The molecule has 5 heterocycles. The number of rotatable bonds is 5. The lowest BCUT2D eigenvalue weighted by molar-refractivity contribution is -0.678. The van der Waals surface area contributed by atoms with Gasteiger partial charge >= 0.3 is 0 Å². The number of fused-ring (bicyclic) bond motifs is 1. The van der Waals surface area contributed by atoms with E-state index in [1.165, 1.54) is 55.5 Å². The number of aryl methyl sites for hydroxylation is 5. The van der Waals surface area contributed by atoms with Gasteiger partial charge in [0, 0.05) is 47.9 Å². The zero-order valence-corrected chi connectivity index (χ0v) is 35.8. The van der Waals surface area contributed by atoms with Gasteiger partial charge in [-0.3, -0.25) is 9.97 Å². The van der Waals surface area contributed by atoms with Crippen molar-refractivity contribution in [3.63, 3.8) is 0 Å². The molecule has 0 bridgehead atoms. The Bertz CT molecular complexity index is 1780. The van der Waals surface area contributed by atoms with Crippen LogP contribution >= 0.6 is 0 Å². The van der Waals surface area contributed by atoms with Crippen LogP contribution in [0.1, 0.15) is 149 Å². The summed E-state index contributed by atoms with van der Waals surface area (Å²) >= 11 is 0. The van der Waals surface area contributed by atoms with Crippen molar-refractivity contribution in [2.45, 2.75) is 127 Å². The van der Waals surface area contributed by atoms with Crippen LogP contribution in [0.5, 0.6) is 0 Å². The highest BCUT2D eigenvalue weighted by molar-refractivity contribution is 5.83. The van der Waals surface area contributed by atoms with Crippen molar-refractivity contribution in [1.82, 2.24) is 30.4 Å². The zero-order chi connectivity index (χ0) is 40.4. The fourth-order valence-electron chi connectivity index (χ4n) is 6.26. The average molecular weight is 729 g/mol. The number of pyridine rings is 3. The third kappa shape index (κ3) is 14.5. The molecule has 0 aliphatic rings. The minimum absolute atomic E-state index is 0.480. The van der Waals surface area contributed by atoms with E-state index in [4.69, 9.17) is 0 Å². The second-order valence-electron chi connectivity index (χ2n) is 15.3. The van der Waals surface area contributed by atoms with Gasteiger partial charge in [-0.25, -0.2) is 4.57 Å². The molecule has 0 radical (unpaired) electrons. The molecule has 5 aromatic heterocycles. The van der Waals surface area contributed by atoms with E-state index < -0.39 is 0 Å². The van der Waals surface area contributed by atoms with Crippen LogP contribution in [0, 0.1) is 27.7 Å². The summed E-state index contributed by atoms with van der Waals surface area (Å²) < 4.78 is 2.22. The molecular weight excluding hydrogens is 663 g/mol. The van der Waals surface area contributed by atoms with E-state index in [-0.39, 0.29) is 0 Å². The van der Waals surface area contributed by atoms with Crippen LogP contribution in [-0.2, 0) is 7.05 Å². The van der Waals surface area contributed by atoms with Crippen molar-refractivity contribution < 1.29 is 4.57 Å². The number of nitrogens with zero attached hydrogens (tertiary/aromatic N) is 7. The summed E-state index contributed by atoms with van der Waals surface area (Å²) in [5, 5.41) is 18.1. The molecule has 1 aromatic carbocycles. The second kappa shape index (κ2) is 23.0. The molecule has 0 N–H and O–H groups in total. The third-order valence-electron chi connectivity index (χ3n) is 9.02. The van der Waals surface area contributed by atoms with Crippen LogP contribution in [-0.4, -0.2) is 30.4 Å². The molecule has 0 atom stereocenters. The van der Waals surface area contributed by atoms with E-state index in [1.807, 2.05) is 36.9 Å². The van der Waals surface area contributed by atoms with Gasteiger partial charge < -0.3 is 0 Å². The maximum Gasteiger partial charge on any atom is 0.191 e. The zero-order valence-electron chi connectivity index (χ0n) is 35.8. The Kier molecular flexibility index (Phi) is 19.3. The first-order valence-electron chi connectivity index (χ1n) is 19.3. The Morgan fingerprint density at radius 2 is 1.09 bits per heavy atom. The van der Waals surface area contributed by atoms with Crippen molar-refractivity contribution in [3.8, 4) is 0 Å². The minimum Gasteiger partial charge on any atom is -0.264 e. The van der Waals surface area contributed by atoms with Gasteiger partial charge in [0.05, 0.1) is 18.1 Å². The van der Waals surface area contributed by atoms with Crippen molar-refractivity contribution in [3.05, 3.63) is 148 Å². The SMILES string of the molecule is CC(C)c1c2ccccc2cc[n+]1C.Cc1cccnc1C(C)C.Cc1ccnnc1C(C)C.Cc1cnccc1C(C)C.Cc1cnncc1C(C)C. The Balaban J connectivity index is 0.000000235. The summed E-state index contributed by atoms with van der Waals surface area (Å²) in [5.74, 6) is 2.75. The monoisotopic (exact) mass is 729 g/mol. The largest absolute Gasteiger partial charge is 0.264 e. The molecule has 7 heteroatoms. The molecule has 54 heavy (non-hydrogen) atoms. The van der Waals surface area contributed by atoms with Crippen LogP contribution in [0.15, 0.2) is 98.0 Å².